The monoisotopic (exact) mass is 264 g/mol. The molecular formula is C13H13ClN2O2. The molecule has 0 aliphatic carbocycles. The first kappa shape index (κ1) is 12.8. The molecule has 0 saturated heterocycles. The van der Waals surface area contributed by atoms with Gasteiger partial charge in [0, 0.05) is 10.6 Å². The number of halogens is 1. The predicted molar refractivity (Wildman–Crippen MR) is 69.5 cm³/mol. The van der Waals surface area contributed by atoms with E-state index in [1.165, 1.54) is 0 Å². The largest absolute Gasteiger partial charge is 0.281 e. The highest BCUT2D eigenvalue weighted by atomic mass is 35.5. The topological polar surface area (TPSA) is 49.7 Å². The van der Waals surface area contributed by atoms with Gasteiger partial charge in [-0.05, 0) is 45.0 Å². The summed E-state index contributed by atoms with van der Waals surface area (Å²) in [6, 6.07) is 6.37. The van der Waals surface area contributed by atoms with Crippen LogP contribution in [0.5, 0.6) is 0 Å². The Morgan fingerprint density at radius 2 is 1.83 bits per heavy atom. The first-order valence-corrected chi connectivity index (χ1v) is 5.92. The van der Waals surface area contributed by atoms with Crippen LogP contribution in [0.15, 0.2) is 29.4 Å². The van der Waals surface area contributed by atoms with E-state index < -0.39 is 11.3 Å². The molecule has 2 rings (SSSR count). The van der Waals surface area contributed by atoms with Crippen LogP contribution in [0.2, 0.25) is 5.02 Å². The third kappa shape index (κ3) is 1.93. The number of imide groups is 1. The Kier molecular flexibility index (Phi) is 2.99. The smallest absolute Gasteiger partial charge is 0.271 e. The van der Waals surface area contributed by atoms with Gasteiger partial charge in [-0.2, -0.15) is 10.1 Å². The van der Waals surface area contributed by atoms with Crippen molar-refractivity contribution in [3.8, 4) is 0 Å². The van der Waals surface area contributed by atoms with Crippen molar-refractivity contribution in [3.63, 3.8) is 0 Å². The minimum absolute atomic E-state index is 0.306. The summed E-state index contributed by atoms with van der Waals surface area (Å²) in [5, 5.41) is 5.51. The first-order chi connectivity index (χ1) is 8.34. The van der Waals surface area contributed by atoms with Gasteiger partial charge < -0.3 is 0 Å². The van der Waals surface area contributed by atoms with Crippen molar-refractivity contribution in [1.82, 2.24) is 5.01 Å². The Morgan fingerprint density at radius 3 is 2.28 bits per heavy atom. The molecule has 0 aromatic heterocycles. The first-order valence-electron chi connectivity index (χ1n) is 5.54. The van der Waals surface area contributed by atoms with E-state index in [1.807, 2.05) is 0 Å². The standard InChI is InChI=1S/C13H13ClN2O2/c1-8-13(2,3)12(18)16(15-8)11(17)9-4-6-10(14)7-5-9/h4-7H,1-3H3. The van der Waals surface area contributed by atoms with Crippen LogP contribution in [0, 0.1) is 5.41 Å². The number of nitrogens with zero attached hydrogens (tertiary/aromatic N) is 2. The fourth-order valence-electron chi connectivity index (χ4n) is 1.59. The van der Waals surface area contributed by atoms with Crippen LogP contribution in [0.1, 0.15) is 31.1 Å². The predicted octanol–water partition coefficient (Wildman–Crippen LogP) is 2.72. The number of amides is 2. The van der Waals surface area contributed by atoms with E-state index in [1.54, 1.807) is 45.0 Å². The molecule has 1 aliphatic rings. The van der Waals surface area contributed by atoms with Crippen LogP contribution in [0.4, 0.5) is 0 Å². The van der Waals surface area contributed by atoms with E-state index in [4.69, 9.17) is 11.6 Å². The zero-order valence-corrected chi connectivity index (χ0v) is 11.2. The van der Waals surface area contributed by atoms with E-state index >= 15 is 0 Å². The van der Waals surface area contributed by atoms with Crippen LogP contribution in [-0.4, -0.2) is 22.5 Å². The Labute approximate surface area is 110 Å². The maximum Gasteiger partial charge on any atom is 0.281 e. The molecule has 0 unspecified atom stereocenters. The molecule has 0 spiro atoms. The summed E-state index contributed by atoms with van der Waals surface area (Å²) < 4.78 is 0. The lowest BCUT2D eigenvalue weighted by molar-refractivity contribution is -0.132. The molecule has 0 N–H and O–H groups in total. The fourth-order valence-corrected chi connectivity index (χ4v) is 1.72. The lowest BCUT2D eigenvalue weighted by Gasteiger charge is -2.17. The van der Waals surface area contributed by atoms with Crippen LogP contribution < -0.4 is 0 Å². The van der Waals surface area contributed by atoms with Gasteiger partial charge in [0.05, 0.1) is 11.1 Å². The molecule has 0 radical (unpaired) electrons. The quantitative estimate of drug-likeness (QED) is 0.733. The molecule has 0 fully saturated rings. The maximum atomic E-state index is 12.2. The van der Waals surface area contributed by atoms with Crippen LogP contribution in [-0.2, 0) is 4.79 Å². The second-order valence-corrected chi connectivity index (χ2v) is 5.18. The van der Waals surface area contributed by atoms with Crippen LogP contribution in [0.3, 0.4) is 0 Å². The molecule has 1 aromatic carbocycles. The highest BCUT2D eigenvalue weighted by molar-refractivity contribution is 6.30. The molecule has 18 heavy (non-hydrogen) atoms. The molecule has 94 valence electrons. The highest BCUT2D eigenvalue weighted by Crippen LogP contribution is 2.29. The van der Waals surface area contributed by atoms with Crippen molar-refractivity contribution < 1.29 is 9.59 Å². The van der Waals surface area contributed by atoms with Gasteiger partial charge in [0.15, 0.2) is 0 Å². The van der Waals surface area contributed by atoms with Gasteiger partial charge in [-0.25, -0.2) is 0 Å². The lowest BCUT2D eigenvalue weighted by Crippen LogP contribution is -2.37. The summed E-state index contributed by atoms with van der Waals surface area (Å²) in [7, 11) is 0. The Balaban J connectivity index is 2.32. The summed E-state index contributed by atoms with van der Waals surface area (Å²) >= 11 is 5.75. The third-order valence-corrected chi connectivity index (χ3v) is 3.42. The lowest BCUT2D eigenvalue weighted by atomic mass is 9.88. The molecule has 4 nitrogen and oxygen atoms in total. The number of hydrazone groups is 1. The average Bonchev–Trinajstić information content (AvgIpc) is 2.53. The summed E-state index contributed by atoms with van der Waals surface area (Å²) in [5.74, 6) is -0.735. The molecule has 0 saturated carbocycles. The Morgan fingerprint density at radius 1 is 1.28 bits per heavy atom. The van der Waals surface area contributed by atoms with Gasteiger partial charge in [-0.3, -0.25) is 9.59 Å². The number of hydrogen-bond donors (Lipinski definition) is 0. The van der Waals surface area contributed by atoms with E-state index in [0.29, 0.717) is 16.3 Å². The maximum absolute atomic E-state index is 12.2. The van der Waals surface area contributed by atoms with Gasteiger partial charge in [0.2, 0.25) is 0 Å². The molecule has 0 atom stereocenters. The number of rotatable bonds is 1. The highest BCUT2D eigenvalue weighted by Gasteiger charge is 2.43. The fraction of sp³-hybridized carbons (Fsp3) is 0.308. The summed E-state index contributed by atoms with van der Waals surface area (Å²) in [6.07, 6.45) is 0. The van der Waals surface area contributed by atoms with Crippen molar-refractivity contribution in [2.45, 2.75) is 20.8 Å². The number of benzene rings is 1. The van der Waals surface area contributed by atoms with E-state index in [9.17, 15) is 9.59 Å². The van der Waals surface area contributed by atoms with Crippen molar-refractivity contribution in [2.24, 2.45) is 10.5 Å². The minimum atomic E-state index is -0.720. The average molecular weight is 265 g/mol. The van der Waals surface area contributed by atoms with Crippen LogP contribution in [0.25, 0.3) is 0 Å². The Hall–Kier alpha value is -1.68. The second-order valence-electron chi connectivity index (χ2n) is 4.74. The van der Waals surface area contributed by atoms with E-state index in [-0.39, 0.29) is 5.91 Å². The van der Waals surface area contributed by atoms with E-state index in [0.717, 1.165) is 5.01 Å². The van der Waals surface area contributed by atoms with Crippen molar-refractivity contribution >= 4 is 29.1 Å². The zero-order valence-electron chi connectivity index (χ0n) is 10.4. The van der Waals surface area contributed by atoms with E-state index in [2.05, 4.69) is 5.10 Å². The number of hydrogen-bond acceptors (Lipinski definition) is 3. The normalized spacial score (nSPS) is 17.9. The Bertz CT molecular complexity index is 547. The number of carbonyl (C=O) groups is 2. The molecule has 2 amide bonds. The summed E-state index contributed by atoms with van der Waals surface area (Å²) in [4.78, 5) is 24.2. The number of carbonyl (C=O) groups excluding carboxylic acids is 2. The summed E-state index contributed by atoms with van der Waals surface area (Å²) in [5.41, 5.74) is 0.305. The van der Waals surface area contributed by atoms with Gasteiger partial charge in [0.1, 0.15) is 0 Å². The summed E-state index contributed by atoms with van der Waals surface area (Å²) in [6.45, 7) is 5.25. The minimum Gasteiger partial charge on any atom is -0.271 e. The molecular weight excluding hydrogens is 252 g/mol. The van der Waals surface area contributed by atoms with Crippen molar-refractivity contribution in [2.75, 3.05) is 0 Å². The van der Waals surface area contributed by atoms with Crippen molar-refractivity contribution in [1.29, 1.82) is 0 Å². The molecule has 1 heterocycles. The van der Waals surface area contributed by atoms with Crippen molar-refractivity contribution in [3.05, 3.63) is 34.9 Å². The molecule has 1 aromatic rings. The van der Waals surface area contributed by atoms with Gasteiger partial charge >= 0.3 is 0 Å². The zero-order chi connectivity index (χ0) is 13.5. The van der Waals surface area contributed by atoms with Crippen LogP contribution >= 0.6 is 11.6 Å². The molecule has 0 bridgehead atoms. The second kappa shape index (κ2) is 4.21. The van der Waals surface area contributed by atoms with Gasteiger partial charge in [-0.1, -0.05) is 11.6 Å². The van der Waals surface area contributed by atoms with Gasteiger partial charge in [0.25, 0.3) is 11.8 Å². The third-order valence-electron chi connectivity index (χ3n) is 3.17. The SMILES string of the molecule is CC1=NN(C(=O)c2ccc(Cl)cc2)C(=O)C1(C)C. The molecule has 5 heteroatoms. The molecule has 1 aliphatic heterocycles. The van der Waals surface area contributed by atoms with Gasteiger partial charge in [-0.15, -0.1) is 0 Å².